The predicted molar refractivity (Wildman–Crippen MR) is 80.0 cm³/mol. The molecular formula is C15H19NO2S. The molecule has 0 amide bonds. The van der Waals surface area contributed by atoms with E-state index in [9.17, 15) is 8.42 Å². The topological polar surface area (TPSA) is 46.2 Å². The maximum absolute atomic E-state index is 11.2. The minimum atomic E-state index is -2.92. The third kappa shape index (κ3) is 4.33. The normalized spacial score (nSPS) is 13.6. The van der Waals surface area contributed by atoms with Crippen LogP contribution in [0.2, 0.25) is 0 Å². The van der Waals surface area contributed by atoms with E-state index in [1.54, 1.807) is 0 Å². The largest absolute Gasteiger partial charge is 0.309 e. The van der Waals surface area contributed by atoms with Crippen LogP contribution in [0, 0.1) is 0 Å². The van der Waals surface area contributed by atoms with E-state index in [4.69, 9.17) is 0 Å². The van der Waals surface area contributed by atoms with Gasteiger partial charge >= 0.3 is 0 Å². The molecule has 2 rings (SSSR count). The quantitative estimate of drug-likeness (QED) is 0.912. The van der Waals surface area contributed by atoms with E-state index < -0.39 is 9.84 Å². The van der Waals surface area contributed by atoms with Crippen LogP contribution in [0.5, 0.6) is 0 Å². The van der Waals surface area contributed by atoms with Crippen LogP contribution in [0.25, 0.3) is 10.8 Å². The van der Waals surface area contributed by atoms with Gasteiger partial charge < -0.3 is 5.32 Å². The molecule has 102 valence electrons. The first-order valence-electron chi connectivity index (χ1n) is 6.33. The summed E-state index contributed by atoms with van der Waals surface area (Å²) in [6, 6.07) is 14.5. The molecule has 2 aromatic rings. The van der Waals surface area contributed by atoms with Gasteiger partial charge in [0.25, 0.3) is 0 Å². The summed E-state index contributed by atoms with van der Waals surface area (Å²) < 4.78 is 22.4. The molecule has 1 N–H and O–H groups in total. The zero-order chi connectivity index (χ0) is 13.9. The molecule has 1 unspecified atom stereocenters. The first-order valence-corrected chi connectivity index (χ1v) is 8.39. The highest BCUT2D eigenvalue weighted by Crippen LogP contribution is 2.15. The van der Waals surface area contributed by atoms with E-state index in [0.29, 0.717) is 6.54 Å². The van der Waals surface area contributed by atoms with Crippen LogP contribution in [0.1, 0.15) is 12.5 Å². The summed E-state index contributed by atoms with van der Waals surface area (Å²) in [5.74, 6) is 0.167. The Hall–Kier alpha value is -1.39. The third-order valence-electron chi connectivity index (χ3n) is 3.02. The van der Waals surface area contributed by atoms with Crippen molar-refractivity contribution in [1.29, 1.82) is 0 Å². The van der Waals surface area contributed by atoms with Gasteiger partial charge in [0.15, 0.2) is 0 Å². The Morgan fingerprint density at radius 3 is 2.47 bits per heavy atom. The van der Waals surface area contributed by atoms with E-state index in [0.717, 1.165) is 0 Å². The van der Waals surface area contributed by atoms with Crippen LogP contribution in [0.15, 0.2) is 42.5 Å². The van der Waals surface area contributed by atoms with Gasteiger partial charge in [-0.1, -0.05) is 36.4 Å². The summed E-state index contributed by atoms with van der Waals surface area (Å²) in [5, 5.41) is 5.67. The van der Waals surface area contributed by atoms with Gasteiger partial charge in [0.1, 0.15) is 9.84 Å². The predicted octanol–water partition coefficient (Wildman–Crippen LogP) is 2.36. The first-order chi connectivity index (χ1) is 8.94. The first kappa shape index (κ1) is 14.0. The second-order valence-corrected chi connectivity index (χ2v) is 7.24. The van der Waals surface area contributed by atoms with Crippen LogP contribution < -0.4 is 5.32 Å². The SMILES string of the molecule is CC(CS(C)(=O)=O)NCc1ccc2ccccc2c1. The fourth-order valence-corrected chi connectivity index (χ4v) is 3.18. The molecule has 4 heteroatoms. The maximum atomic E-state index is 11.2. The number of hydrogen-bond donors (Lipinski definition) is 1. The van der Waals surface area contributed by atoms with E-state index in [2.05, 4.69) is 35.6 Å². The molecule has 19 heavy (non-hydrogen) atoms. The Balaban J connectivity index is 2.02. The lowest BCUT2D eigenvalue weighted by atomic mass is 10.1. The van der Waals surface area contributed by atoms with Gasteiger partial charge in [-0.3, -0.25) is 0 Å². The summed E-state index contributed by atoms with van der Waals surface area (Å²) in [6.45, 7) is 2.57. The van der Waals surface area contributed by atoms with E-state index in [-0.39, 0.29) is 11.8 Å². The molecule has 0 radical (unpaired) electrons. The molecule has 0 spiro atoms. The Morgan fingerprint density at radius 1 is 1.11 bits per heavy atom. The number of hydrogen-bond acceptors (Lipinski definition) is 3. The molecule has 0 bridgehead atoms. The summed E-state index contributed by atoms with van der Waals surface area (Å²) in [5.41, 5.74) is 1.17. The summed E-state index contributed by atoms with van der Waals surface area (Å²) in [7, 11) is -2.92. The second kappa shape index (κ2) is 5.72. The molecule has 0 aliphatic carbocycles. The van der Waals surface area contributed by atoms with Crippen molar-refractivity contribution in [3.8, 4) is 0 Å². The van der Waals surface area contributed by atoms with Crippen molar-refractivity contribution in [3.63, 3.8) is 0 Å². The van der Waals surface area contributed by atoms with Gasteiger partial charge in [0.05, 0.1) is 5.75 Å². The van der Waals surface area contributed by atoms with E-state index in [1.807, 2.05) is 19.1 Å². The Bertz CT molecular complexity index is 665. The molecule has 0 aliphatic rings. The van der Waals surface area contributed by atoms with Gasteiger partial charge in [0, 0.05) is 18.8 Å². The van der Waals surface area contributed by atoms with Crippen LogP contribution in [0.4, 0.5) is 0 Å². The van der Waals surface area contributed by atoms with E-state index >= 15 is 0 Å². The molecule has 0 saturated carbocycles. The average Bonchev–Trinajstić information content (AvgIpc) is 2.34. The fourth-order valence-electron chi connectivity index (χ4n) is 2.15. The monoisotopic (exact) mass is 277 g/mol. The minimum absolute atomic E-state index is 0.0403. The molecule has 3 nitrogen and oxygen atoms in total. The number of benzene rings is 2. The molecule has 0 aliphatic heterocycles. The van der Waals surface area contributed by atoms with Crippen LogP contribution in [-0.4, -0.2) is 26.5 Å². The average molecular weight is 277 g/mol. The standard InChI is InChI=1S/C15H19NO2S/c1-12(11-19(2,17)18)16-10-13-7-8-14-5-3-4-6-15(14)9-13/h3-9,12,16H,10-11H2,1-2H3. The number of sulfone groups is 1. The van der Waals surface area contributed by atoms with Gasteiger partial charge in [0.2, 0.25) is 0 Å². The van der Waals surface area contributed by atoms with Gasteiger partial charge in [-0.15, -0.1) is 0 Å². The highest BCUT2D eigenvalue weighted by atomic mass is 32.2. The van der Waals surface area contributed by atoms with Crippen molar-refractivity contribution in [1.82, 2.24) is 5.32 Å². The van der Waals surface area contributed by atoms with Crippen molar-refractivity contribution in [2.45, 2.75) is 19.5 Å². The van der Waals surface area contributed by atoms with Gasteiger partial charge in [-0.05, 0) is 29.3 Å². The number of rotatable bonds is 5. The summed E-state index contributed by atoms with van der Waals surface area (Å²) in [6.07, 6.45) is 1.27. The Morgan fingerprint density at radius 2 is 1.79 bits per heavy atom. The lowest BCUT2D eigenvalue weighted by Crippen LogP contribution is -2.32. The Kier molecular flexibility index (Phi) is 4.22. The highest BCUT2D eigenvalue weighted by Gasteiger charge is 2.09. The minimum Gasteiger partial charge on any atom is -0.309 e. The lowest BCUT2D eigenvalue weighted by Gasteiger charge is -2.13. The van der Waals surface area contributed by atoms with Crippen LogP contribution in [0.3, 0.4) is 0 Å². The number of fused-ring (bicyclic) bond motifs is 1. The Labute approximate surface area is 114 Å². The van der Waals surface area contributed by atoms with Crippen molar-refractivity contribution < 1.29 is 8.42 Å². The summed E-state index contributed by atoms with van der Waals surface area (Å²) in [4.78, 5) is 0. The molecule has 2 aromatic carbocycles. The second-order valence-electron chi connectivity index (χ2n) is 5.06. The fraction of sp³-hybridized carbons (Fsp3) is 0.333. The maximum Gasteiger partial charge on any atom is 0.148 e. The zero-order valence-corrected chi connectivity index (χ0v) is 12.1. The van der Waals surface area contributed by atoms with Crippen LogP contribution in [-0.2, 0) is 16.4 Å². The van der Waals surface area contributed by atoms with Crippen molar-refractivity contribution in [2.24, 2.45) is 0 Å². The summed E-state index contributed by atoms with van der Waals surface area (Å²) >= 11 is 0. The van der Waals surface area contributed by atoms with E-state index in [1.165, 1.54) is 22.6 Å². The smallest absolute Gasteiger partial charge is 0.148 e. The van der Waals surface area contributed by atoms with Gasteiger partial charge in [-0.2, -0.15) is 0 Å². The number of nitrogens with one attached hydrogen (secondary N) is 1. The lowest BCUT2D eigenvalue weighted by molar-refractivity contribution is 0.560. The van der Waals surface area contributed by atoms with Gasteiger partial charge in [-0.25, -0.2) is 8.42 Å². The molecular weight excluding hydrogens is 258 g/mol. The van der Waals surface area contributed by atoms with Crippen molar-refractivity contribution >= 4 is 20.6 Å². The highest BCUT2D eigenvalue weighted by molar-refractivity contribution is 7.90. The van der Waals surface area contributed by atoms with Crippen molar-refractivity contribution in [3.05, 3.63) is 48.0 Å². The molecule has 0 fully saturated rings. The molecule has 0 heterocycles. The van der Waals surface area contributed by atoms with Crippen molar-refractivity contribution in [2.75, 3.05) is 12.0 Å². The van der Waals surface area contributed by atoms with Crippen LogP contribution >= 0.6 is 0 Å². The molecule has 1 atom stereocenters. The molecule has 0 aromatic heterocycles. The molecule has 0 saturated heterocycles. The zero-order valence-electron chi connectivity index (χ0n) is 11.3. The third-order valence-corrected chi connectivity index (χ3v) is 4.13.